The van der Waals surface area contributed by atoms with Gasteiger partial charge in [-0.05, 0) is 61.7 Å². The van der Waals surface area contributed by atoms with Crippen LogP contribution in [0.25, 0.3) is 0 Å². The molecule has 0 aliphatic carbocycles. The molecule has 6 nitrogen and oxygen atoms in total. The molecule has 1 amide bonds. The fourth-order valence-corrected chi connectivity index (χ4v) is 2.64. The van der Waals surface area contributed by atoms with Crippen LogP contribution in [0.15, 0.2) is 48.7 Å². The molecule has 0 saturated heterocycles. The largest absolute Gasteiger partial charge is 0.495 e. The predicted octanol–water partition coefficient (Wildman–Crippen LogP) is 4.41. The Morgan fingerprint density at radius 2 is 1.67 bits per heavy atom. The maximum Gasteiger partial charge on any atom is 0.274 e. The first-order chi connectivity index (χ1) is 13.0. The Kier molecular flexibility index (Phi) is 5.35. The minimum atomic E-state index is -0.328. The number of carbonyl (C=O) groups is 1. The van der Waals surface area contributed by atoms with Gasteiger partial charge in [0.25, 0.3) is 5.91 Å². The van der Waals surface area contributed by atoms with E-state index in [1.807, 2.05) is 57.2 Å². The number of nitrogens with zero attached hydrogens (tertiary/aromatic N) is 2. The van der Waals surface area contributed by atoms with Crippen molar-refractivity contribution in [2.75, 3.05) is 17.7 Å². The fourth-order valence-electron chi connectivity index (χ4n) is 2.64. The van der Waals surface area contributed by atoms with Crippen molar-refractivity contribution >= 4 is 23.2 Å². The van der Waals surface area contributed by atoms with Crippen LogP contribution in [0.5, 0.6) is 5.75 Å². The summed E-state index contributed by atoms with van der Waals surface area (Å²) in [6, 6.07) is 13.3. The lowest BCUT2D eigenvalue weighted by atomic mass is 10.1. The lowest BCUT2D eigenvalue weighted by molar-refractivity contribution is 0.102. The number of ether oxygens (including phenoxy) is 1. The molecule has 0 aliphatic heterocycles. The lowest BCUT2D eigenvalue weighted by Gasteiger charge is -2.12. The summed E-state index contributed by atoms with van der Waals surface area (Å²) in [5, 5.41) is 6.03. The Bertz CT molecular complexity index is 986. The second-order valence-electron chi connectivity index (χ2n) is 6.37. The van der Waals surface area contributed by atoms with Gasteiger partial charge in [-0.3, -0.25) is 4.79 Å². The van der Waals surface area contributed by atoms with E-state index in [-0.39, 0.29) is 11.6 Å². The zero-order valence-corrected chi connectivity index (χ0v) is 15.8. The molecule has 0 aliphatic rings. The van der Waals surface area contributed by atoms with Gasteiger partial charge in [0.1, 0.15) is 11.4 Å². The molecule has 0 atom stereocenters. The van der Waals surface area contributed by atoms with Gasteiger partial charge in [0.15, 0.2) is 0 Å². The van der Waals surface area contributed by atoms with Crippen molar-refractivity contribution in [2.24, 2.45) is 0 Å². The Hall–Kier alpha value is -3.41. The van der Waals surface area contributed by atoms with E-state index in [9.17, 15) is 4.79 Å². The number of aromatic nitrogens is 2. The molecule has 0 bridgehead atoms. The number of hydrogen-bond acceptors (Lipinski definition) is 5. The molecule has 6 heteroatoms. The first-order valence-electron chi connectivity index (χ1n) is 8.59. The van der Waals surface area contributed by atoms with Gasteiger partial charge in [-0.15, -0.1) is 0 Å². The summed E-state index contributed by atoms with van der Waals surface area (Å²) in [4.78, 5) is 21.2. The van der Waals surface area contributed by atoms with Crippen molar-refractivity contribution in [3.63, 3.8) is 0 Å². The highest BCUT2D eigenvalue weighted by Gasteiger charge is 2.13. The zero-order valence-electron chi connectivity index (χ0n) is 15.8. The molecule has 138 valence electrons. The topological polar surface area (TPSA) is 76.1 Å². The van der Waals surface area contributed by atoms with Crippen LogP contribution >= 0.6 is 0 Å². The number of nitrogens with one attached hydrogen (secondary N) is 2. The summed E-state index contributed by atoms with van der Waals surface area (Å²) in [6.07, 6.45) is 1.56. The highest BCUT2D eigenvalue weighted by Crippen LogP contribution is 2.26. The molecule has 0 radical (unpaired) electrons. The monoisotopic (exact) mass is 362 g/mol. The summed E-state index contributed by atoms with van der Waals surface area (Å²) < 4.78 is 5.30. The maximum atomic E-state index is 12.6. The number of anilines is 3. The smallest absolute Gasteiger partial charge is 0.274 e. The molecule has 1 aromatic heterocycles. The van der Waals surface area contributed by atoms with Crippen molar-refractivity contribution in [1.82, 2.24) is 9.97 Å². The number of methoxy groups -OCH3 is 1. The van der Waals surface area contributed by atoms with Crippen LogP contribution in [0.4, 0.5) is 17.3 Å². The van der Waals surface area contributed by atoms with Gasteiger partial charge in [-0.1, -0.05) is 18.2 Å². The van der Waals surface area contributed by atoms with Crippen LogP contribution < -0.4 is 15.4 Å². The number of hydrogen-bond donors (Lipinski definition) is 2. The number of benzene rings is 2. The van der Waals surface area contributed by atoms with Crippen LogP contribution in [0.2, 0.25) is 0 Å². The lowest BCUT2D eigenvalue weighted by Crippen LogP contribution is -2.15. The quantitative estimate of drug-likeness (QED) is 0.703. The van der Waals surface area contributed by atoms with Crippen molar-refractivity contribution in [2.45, 2.75) is 20.8 Å². The summed E-state index contributed by atoms with van der Waals surface area (Å²) >= 11 is 0. The molecule has 1 heterocycles. The Morgan fingerprint density at radius 1 is 0.963 bits per heavy atom. The zero-order chi connectivity index (χ0) is 19.4. The Morgan fingerprint density at radius 3 is 2.41 bits per heavy atom. The SMILES string of the molecule is COc1ccc(C)cc1NC(=O)c1ccnc(Nc2cc(C)ccc2C)n1. The summed E-state index contributed by atoms with van der Waals surface area (Å²) in [7, 11) is 1.57. The Balaban J connectivity index is 1.82. The predicted molar refractivity (Wildman–Crippen MR) is 107 cm³/mol. The van der Waals surface area contributed by atoms with Crippen molar-refractivity contribution in [3.05, 3.63) is 71.0 Å². The molecule has 3 aromatic rings. The summed E-state index contributed by atoms with van der Waals surface area (Å²) in [6.45, 7) is 5.97. The first-order valence-corrected chi connectivity index (χ1v) is 8.59. The molecule has 0 unspecified atom stereocenters. The van der Waals surface area contributed by atoms with Gasteiger partial charge < -0.3 is 15.4 Å². The molecule has 0 fully saturated rings. The van der Waals surface area contributed by atoms with E-state index in [1.54, 1.807) is 19.4 Å². The second-order valence-corrected chi connectivity index (χ2v) is 6.37. The van der Waals surface area contributed by atoms with E-state index >= 15 is 0 Å². The van der Waals surface area contributed by atoms with Gasteiger partial charge in [0.05, 0.1) is 12.8 Å². The third-order valence-electron chi connectivity index (χ3n) is 4.13. The summed E-state index contributed by atoms with van der Waals surface area (Å²) in [5.41, 5.74) is 5.00. The minimum Gasteiger partial charge on any atom is -0.495 e. The molecular weight excluding hydrogens is 340 g/mol. The van der Waals surface area contributed by atoms with Gasteiger partial charge in [-0.2, -0.15) is 0 Å². The number of amides is 1. The van der Waals surface area contributed by atoms with Gasteiger partial charge in [0.2, 0.25) is 5.95 Å². The number of aryl methyl sites for hydroxylation is 3. The Labute approximate surface area is 158 Å². The molecule has 2 N–H and O–H groups in total. The van der Waals surface area contributed by atoms with Crippen LogP contribution in [0, 0.1) is 20.8 Å². The van der Waals surface area contributed by atoms with Crippen LogP contribution in [0.3, 0.4) is 0 Å². The number of carbonyl (C=O) groups excluding carboxylic acids is 1. The average molecular weight is 362 g/mol. The second kappa shape index (κ2) is 7.86. The highest BCUT2D eigenvalue weighted by molar-refractivity contribution is 6.03. The van der Waals surface area contributed by atoms with E-state index in [1.165, 1.54) is 0 Å². The van der Waals surface area contributed by atoms with E-state index in [4.69, 9.17) is 4.74 Å². The van der Waals surface area contributed by atoms with E-state index in [0.717, 1.165) is 22.4 Å². The minimum absolute atomic E-state index is 0.265. The van der Waals surface area contributed by atoms with Crippen molar-refractivity contribution in [1.29, 1.82) is 0 Å². The first kappa shape index (κ1) is 18.4. The average Bonchev–Trinajstić information content (AvgIpc) is 2.65. The fraction of sp³-hybridized carbons (Fsp3) is 0.190. The van der Waals surface area contributed by atoms with Crippen LogP contribution in [-0.2, 0) is 0 Å². The molecule has 2 aromatic carbocycles. The van der Waals surface area contributed by atoms with Crippen molar-refractivity contribution < 1.29 is 9.53 Å². The molecule has 3 rings (SSSR count). The number of rotatable bonds is 5. The van der Waals surface area contributed by atoms with Crippen molar-refractivity contribution in [3.8, 4) is 5.75 Å². The summed E-state index contributed by atoms with van der Waals surface area (Å²) in [5.74, 6) is 0.634. The maximum absolute atomic E-state index is 12.6. The van der Waals surface area contributed by atoms with Gasteiger partial charge in [-0.25, -0.2) is 9.97 Å². The molecule has 0 saturated carbocycles. The van der Waals surface area contributed by atoms with E-state index < -0.39 is 0 Å². The van der Waals surface area contributed by atoms with Crippen LogP contribution in [0.1, 0.15) is 27.2 Å². The third-order valence-corrected chi connectivity index (χ3v) is 4.13. The molecule has 27 heavy (non-hydrogen) atoms. The highest BCUT2D eigenvalue weighted by atomic mass is 16.5. The van der Waals surface area contributed by atoms with E-state index in [2.05, 4.69) is 20.6 Å². The standard InChI is InChI=1S/C21H22N4O2/c1-13-5-7-15(3)17(11-13)25-21-22-10-9-16(24-21)20(26)23-18-12-14(2)6-8-19(18)27-4/h5-12H,1-4H3,(H,23,26)(H,22,24,25). The molecule has 0 spiro atoms. The third kappa shape index (κ3) is 4.41. The van der Waals surface area contributed by atoms with Crippen LogP contribution in [-0.4, -0.2) is 23.0 Å². The normalized spacial score (nSPS) is 10.4. The van der Waals surface area contributed by atoms with Gasteiger partial charge in [0, 0.05) is 11.9 Å². The van der Waals surface area contributed by atoms with E-state index in [0.29, 0.717) is 17.4 Å². The molecular formula is C21H22N4O2. The van der Waals surface area contributed by atoms with Gasteiger partial charge >= 0.3 is 0 Å².